The van der Waals surface area contributed by atoms with E-state index in [0.717, 1.165) is 41.6 Å². The molecule has 3 atom stereocenters. The van der Waals surface area contributed by atoms with Gasteiger partial charge in [-0.05, 0) is 34.7 Å². The summed E-state index contributed by atoms with van der Waals surface area (Å²) in [5.74, 6) is 0.0346. The standard InChI is InChI=1S/C28H31NO4Si/c1-20(2)24-19-33-34(22-11-5-3-6-12-22,23-13-7-4-8-14-23)32-18-21-17-27-15-9-10-16-28(21,27)26(31)29(24)25(27)30/h3-8,11-14,17,20,24H,9-10,15-16,18-19H2,1-2H3/t24-,27-,28+/m0/s1. The molecular weight excluding hydrogens is 442 g/mol. The molecule has 176 valence electrons. The second kappa shape index (κ2) is 7.73. The van der Waals surface area contributed by atoms with Gasteiger partial charge in [0.1, 0.15) is 0 Å². The van der Waals surface area contributed by atoms with Gasteiger partial charge in [-0.3, -0.25) is 14.5 Å². The molecule has 6 heteroatoms. The number of carbonyl (C=O) groups is 2. The Morgan fingerprint density at radius 3 is 2.12 bits per heavy atom. The van der Waals surface area contributed by atoms with Gasteiger partial charge in [-0.15, -0.1) is 0 Å². The lowest BCUT2D eigenvalue weighted by Gasteiger charge is -2.53. The quantitative estimate of drug-likeness (QED) is 0.390. The van der Waals surface area contributed by atoms with Crippen LogP contribution in [-0.4, -0.2) is 44.5 Å². The van der Waals surface area contributed by atoms with Crippen molar-refractivity contribution in [2.75, 3.05) is 13.2 Å². The Bertz CT molecular complexity index is 1120. The molecule has 4 aliphatic rings. The van der Waals surface area contributed by atoms with Gasteiger partial charge in [0.2, 0.25) is 11.8 Å². The molecule has 2 aliphatic carbocycles. The summed E-state index contributed by atoms with van der Waals surface area (Å²) >= 11 is 0. The number of hydrogen-bond acceptors (Lipinski definition) is 4. The number of imide groups is 1. The molecule has 2 aromatic carbocycles. The van der Waals surface area contributed by atoms with Crippen LogP contribution in [0, 0.1) is 16.7 Å². The molecule has 0 aromatic heterocycles. The first-order chi connectivity index (χ1) is 16.5. The Hall–Kier alpha value is -2.54. The van der Waals surface area contributed by atoms with Gasteiger partial charge in [0, 0.05) is 0 Å². The van der Waals surface area contributed by atoms with Crippen molar-refractivity contribution in [1.82, 2.24) is 4.90 Å². The highest BCUT2D eigenvalue weighted by Crippen LogP contribution is 2.68. The van der Waals surface area contributed by atoms with E-state index >= 15 is 0 Å². The molecule has 34 heavy (non-hydrogen) atoms. The molecule has 5 nitrogen and oxygen atoms in total. The fourth-order valence-electron chi connectivity index (χ4n) is 6.79. The minimum Gasteiger partial charge on any atom is -0.385 e. The van der Waals surface area contributed by atoms with Gasteiger partial charge in [0.25, 0.3) is 0 Å². The van der Waals surface area contributed by atoms with E-state index in [2.05, 4.69) is 44.2 Å². The second-order valence-electron chi connectivity index (χ2n) is 10.5. The predicted octanol–water partition coefficient (Wildman–Crippen LogP) is 3.17. The van der Waals surface area contributed by atoms with Crippen LogP contribution in [0.15, 0.2) is 72.3 Å². The largest absolute Gasteiger partial charge is 0.407 e. The summed E-state index contributed by atoms with van der Waals surface area (Å²) in [6.45, 7) is 4.73. The predicted molar refractivity (Wildman–Crippen MR) is 132 cm³/mol. The van der Waals surface area contributed by atoms with E-state index in [1.807, 2.05) is 36.4 Å². The second-order valence-corrected chi connectivity index (χ2v) is 13.5. The average Bonchev–Trinajstić information content (AvgIpc) is 2.98. The molecule has 0 radical (unpaired) electrons. The molecule has 2 aliphatic heterocycles. The number of carbonyl (C=O) groups excluding carboxylic acids is 2. The van der Waals surface area contributed by atoms with E-state index < -0.39 is 19.4 Å². The number of amides is 2. The maximum Gasteiger partial charge on any atom is 0.407 e. The Morgan fingerprint density at radius 2 is 1.50 bits per heavy atom. The highest BCUT2D eigenvalue weighted by atomic mass is 28.4. The zero-order valence-electron chi connectivity index (χ0n) is 19.8. The normalized spacial score (nSPS) is 32.1. The van der Waals surface area contributed by atoms with Crippen LogP contribution in [0.2, 0.25) is 0 Å². The smallest absolute Gasteiger partial charge is 0.385 e. The fraction of sp³-hybridized carbons (Fsp3) is 0.429. The molecule has 0 unspecified atom stereocenters. The number of fused-ring (bicyclic) bond motifs is 1. The maximum atomic E-state index is 14.0. The monoisotopic (exact) mass is 473 g/mol. The summed E-state index contributed by atoms with van der Waals surface area (Å²) in [4.78, 5) is 29.5. The zero-order chi connectivity index (χ0) is 23.6. The molecule has 1 spiro atoms. The van der Waals surface area contributed by atoms with Gasteiger partial charge in [-0.25, -0.2) is 0 Å². The molecule has 2 saturated heterocycles. The van der Waals surface area contributed by atoms with E-state index in [9.17, 15) is 9.59 Å². The minimum absolute atomic E-state index is 0.0168. The molecule has 1 saturated carbocycles. The summed E-state index contributed by atoms with van der Waals surface area (Å²) in [5.41, 5.74) is -0.424. The summed E-state index contributed by atoms with van der Waals surface area (Å²) in [6, 6.07) is 20.1. The third kappa shape index (κ3) is 2.67. The van der Waals surface area contributed by atoms with Crippen LogP contribution in [0.25, 0.3) is 0 Å². The van der Waals surface area contributed by atoms with Gasteiger partial charge in [0.15, 0.2) is 0 Å². The SMILES string of the molecule is CC(C)[C@@H]1CO[Si](c2ccccc2)(c2ccccc2)OCC2=C[C@]34CCCC[C@]23C(=O)N1C4=O. The molecule has 2 heterocycles. The van der Waals surface area contributed by atoms with E-state index in [1.165, 1.54) is 0 Å². The van der Waals surface area contributed by atoms with Crippen LogP contribution in [0.5, 0.6) is 0 Å². The van der Waals surface area contributed by atoms with Crippen LogP contribution in [0.4, 0.5) is 0 Å². The molecule has 6 rings (SSSR count). The number of benzene rings is 2. The Labute approximate surface area is 202 Å². The van der Waals surface area contributed by atoms with E-state index in [4.69, 9.17) is 8.85 Å². The van der Waals surface area contributed by atoms with Crippen molar-refractivity contribution in [2.24, 2.45) is 16.7 Å². The van der Waals surface area contributed by atoms with Crippen molar-refractivity contribution in [3.8, 4) is 0 Å². The molecule has 0 N–H and O–H groups in total. The van der Waals surface area contributed by atoms with Gasteiger partial charge in [0.05, 0.1) is 30.1 Å². The van der Waals surface area contributed by atoms with Gasteiger partial charge < -0.3 is 8.85 Å². The van der Waals surface area contributed by atoms with Crippen molar-refractivity contribution < 1.29 is 18.4 Å². The van der Waals surface area contributed by atoms with Crippen molar-refractivity contribution >= 4 is 30.7 Å². The number of hydrogen-bond donors (Lipinski definition) is 0. The van der Waals surface area contributed by atoms with Crippen molar-refractivity contribution in [2.45, 2.75) is 45.6 Å². The Morgan fingerprint density at radius 1 is 0.882 bits per heavy atom. The topological polar surface area (TPSA) is 55.8 Å². The van der Waals surface area contributed by atoms with E-state index in [1.54, 1.807) is 4.90 Å². The number of rotatable bonds is 3. The summed E-state index contributed by atoms with van der Waals surface area (Å²) in [6.07, 6.45) is 5.52. The molecule has 2 aromatic rings. The molecule has 2 amide bonds. The van der Waals surface area contributed by atoms with Crippen molar-refractivity contribution in [3.63, 3.8) is 0 Å². The van der Waals surface area contributed by atoms with Crippen LogP contribution in [0.1, 0.15) is 39.5 Å². The first-order valence-electron chi connectivity index (χ1n) is 12.5. The van der Waals surface area contributed by atoms with Crippen molar-refractivity contribution in [3.05, 3.63) is 72.3 Å². The van der Waals surface area contributed by atoms with Crippen LogP contribution < -0.4 is 10.4 Å². The molecular formula is C28H31NO4Si. The van der Waals surface area contributed by atoms with Gasteiger partial charge in [-0.2, -0.15) is 0 Å². The molecule has 3 fully saturated rings. The first kappa shape index (κ1) is 22.0. The lowest BCUT2D eigenvalue weighted by molar-refractivity contribution is -0.146. The van der Waals surface area contributed by atoms with Crippen LogP contribution in [0.3, 0.4) is 0 Å². The molecule has 2 bridgehead atoms. The van der Waals surface area contributed by atoms with E-state index in [-0.39, 0.29) is 30.4 Å². The first-order valence-corrected chi connectivity index (χ1v) is 14.3. The zero-order valence-corrected chi connectivity index (χ0v) is 20.8. The fourth-order valence-corrected chi connectivity index (χ4v) is 9.90. The highest BCUT2D eigenvalue weighted by molar-refractivity contribution is 6.92. The van der Waals surface area contributed by atoms with Gasteiger partial charge >= 0.3 is 8.56 Å². The average molecular weight is 474 g/mol. The summed E-state index contributed by atoms with van der Waals surface area (Å²) in [5, 5.41) is 2.08. The van der Waals surface area contributed by atoms with Crippen molar-refractivity contribution in [1.29, 1.82) is 0 Å². The Balaban J connectivity index is 1.53. The van der Waals surface area contributed by atoms with Crippen LogP contribution in [-0.2, 0) is 18.4 Å². The van der Waals surface area contributed by atoms with Crippen LogP contribution >= 0.6 is 0 Å². The minimum atomic E-state index is -3.10. The number of nitrogens with zero attached hydrogens (tertiary/aromatic N) is 1. The summed E-state index contributed by atoms with van der Waals surface area (Å²) in [7, 11) is -3.10. The lowest BCUT2D eigenvalue weighted by Crippen LogP contribution is -2.66. The summed E-state index contributed by atoms with van der Waals surface area (Å²) < 4.78 is 13.8. The highest BCUT2D eigenvalue weighted by Gasteiger charge is 2.76. The maximum absolute atomic E-state index is 14.0. The Kier molecular flexibility index (Phi) is 4.99. The lowest BCUT2D eigenvalue weighted by atomic mass is 9.46. The third-order valence-electron chi connectivity index (χ3n) is 8.58. The van der Waals surface area contributed by atoms with Gasteiger partial charge in [-0.1, -0.05) is 93.4 Å². The van der Waals surface area contributed by atoms with E-state index in [0.29, 0.717) is 6.61 Å². The third-order valence-corrected chi connectivity index (χ3v) is 11.9.